The molecule has 37 heavy (non-hydrogen) atoms. The molecule has 9 heteroatoms. The first-order chi connectivity index (χ1) is 17.8. The average molecular weight is 529 g/mol. The first kappa shape index (κ1) is 30.7. The maximum Gasteiger partial charge on any atom is 0.227 e. The van der Waals surface area contributed by atoms with Gasteiger partial charge in [-0.1, -0.05) is 39.5 Å². The molecule has 216 valence electrons. The van der Waals surface area contributed by atoms with Gasteiger partial charge in [0, 0.05) is 25.7 Å². The van der Waals surface area contributed by atoms with Crippen LogP contribution in [-0.4, -0.2) is 80.2 Å². The van der Waals surface area contributed by atoms with Crippen molar-refractivity contribution in [2.24, 2.45) is 22.8 Å². The van der Waals surface area contributed by atoms with E-state index in [2.05, 4.69) is 34.7 Å². The van der Waals surface area contributed by atoms with Crippen molar-refractivity contribution in [3.05, 3.63) is 0 Å². The monoisotopic (exact) mass is 528 g/mol. The highest BCUT2D eigenvalue weighted by Gasteiger charge is 2.42. The van der Waals surface area contributed by atoms with E-state index in [1.54, 1.807) is 0 Å². The fourth-order valence-corrected chi connectivity index (χ4v) is 7.36. The van der Waals surface area contributed by atoms with Crippen molar-refractivity contribution in [3.8, 4) is 0 Å². The van der Waals surface area contributed by atoms with Crippen LogP contribution < -0.4 is 27.4 Å². The van der Waals surface area contributed by atoms with Crippen LogP contribution in [0.5, 0.6) is 0 Å². The Balaban J connectivity index is 1.70. The van der Waals surface area contributed by atoms with Gasteiger partial charge in [0.15, 0.2) is 0 Å². The molecule has 6 unspecified atom stereocenters. The third-order valence-electron chi connectivity index (χ3n) is 9.15. The first-order valence-corrected chi connectivity index (χ1v) is 15.1. The molecule has 0 aromatic heterocycles. The number of rotatable bonds is 9. The van der Waals surface area contributed by atoms with Crippen molar-refractivity contribution in [2.45, 2.75) is 128 Å². The Hall–Kier alpha value is -0.870. The molecule has 3 fully saturated rings. The number of hydrogen-bond donors (Lipinski definition) is 5. The molecule has 0 saturated carbocycles. The van der Waals surface area contributed by atoms with Crippen LogP contribution in [0.3, 0.4) is 0 Å². The summed E-state index contributed by atoms with van der Waals surface area (Å²) in [5.41, 5.74) is 12.6. The Morgan fingerprint density at radius 2 is 1.70 bits per heavy atom. The number of hydrogen-bond acceptors (Lipinski definition) is 6. The molecule has 3 aliphatic rings. The molecule has 7 N–H and O–H groups in total. The number of nitrogens with zero attached hydrogens (tertiary/aromatic N) is 1. The Bertz CT molecular complexity index is 671. The zero-order valence-corrected chi connectivity index (χ0v) is 23.3. The number of amides is 1. The molecule has 3 heterocycles. The average Bonchev–Trinajstić information content (AvgIpc) is 3.37. The first-order valence-electron chi connectivity index (χ1n) is 15.1. The van der Waals surface area contributed by atoms with E-state index in [9.17, 15) is 9.18 Å². The highest BCUT2D eigenvalue weighted by atomic mass is 19.1. The fourth-order valence-electron chi connectivity index (χ4n) is 7.36. The van der Waals surface area contributed by atoms with Crippen molar-refractivity contribution < 1.29 is 13.6 Å². The van der Waals surface area contributed by atoms with Gasteiger partial charge in [-0.2, -0.15) is 0 Å². The van der Waals surface area contributed by atoms with Crippen molar-refractivity contribution in [2.75, 3.05) is 32.7 Å². The highest BCUT2D eigenvalue weighted by molar-refractivity contribution is 5.80. The van der Waals surface area contributed by atoms with Crippen LogP contribution in [0, 0.1) is 11.3 Å². The number of piperidine rings is 1. The molecule has 3 rings (SSSR count). The number of halogens is 2. The lowest BCUT2D eigenvalue weighted by atomic mass is 9.71. The fraction of sp³-hybridized carbons (Fsp3) is 0.964. The number of alkyl halides is 2. The summed E-state index contributed by atoms with van der Waals surface area (Å²) >= 11 is 0. The second-order valence-corrected chi connectivity index (χ2v) is 12.0. The third kappa shape index (κ3) is 8.56. The van der Waals surface area contributed by atoms with Gasteiger partial charge >= 0.3 is 0 Å². The Kier molecular flexibility index (Phi) is 12.5. The minimum Gasteiger partial charge on any atom is -0.350 e. The number of nitrogens with two attached hydrogens (primary N) is 2. The van der Waals surface area contributed by atoms with Crippen LogP contribution in [0.2, 0.25) is 0 Å². The summed E-state index contributed by atoms with van der Waals surface area (Å²) in [4.78, 5) is 15.8. The van der Waals surface area contributed by atoms with Crippen LogP contribution in [0.4, 0.5) is 8.78 Å². The lowest BCUT2D eigenvalue weighted by Crippen LogP contribution is -2.66. The largest absolute Gasteiger partial charge is 0.350 e. The standard InChI is InChI=1S/C28H54F2N6O/c1-3-11-28(12-4-2)13-6-5-9-22(34-17-20(29)10-14-28)24(26(31)32)27(37)35-23-19-33-18-21(30)25(23)36-15-7-8-16-36/h20-26,33-34H,3-19,31-32H2,1-2H3,(H,35,37). The summed E-state index contributed by atoms with van der Waals surface area (Å²) in [6.45, 7) is 7.17. The molecule has 0 spiro atoms. The SMILES string of the molecule is CCCC1(CCC)CCCCC(C(C(=O)NC2CNCC(F)C2N2CCCC2)C(N)N)NCC(F)CC1. The molecule has 0 bridgehead atoms. The van der Waals surface area contributed by atoms with Crippen molar-refractivity contribution in [1.29, 1.82) is 0 Å². The van der Waals surface area contributed by atoms with Gasteiger partial charge in [-0.3, -0.25) is 9.69 Å². The molecular weight excluding hydrogens is 474 g/mol. The zero-order chi connectivity index (χ0) is 26.8. The summed E-state index contributed by atoms with van der Waals surface area (Å²) in [6.07, 6.45) is 9.00. The quantitative estimate of drug-likeness (QED) is 0.295. The van der Waals surface area contributed by atoms with Gasteiger partial charge in [0.25, 0.3) is 0 Å². The van der Waals surface area contributed by atoms with Gasteiger partial charge in [0.1, 0.15) is 12.3 Å². The summed E-state index contributed by atoms with van der Waals surface area (Å²) in [5, 5.41) is 9.57. The van der Waals surface area contributed by atoms with E-state index >= 15 is 4.39 Å². The van der Waals surface area contributed by atoms with Gasteiger partial charge < -0.3 is 27.4 Å². The molecule has 6 atom stereocenters. The van der Waals surface area contributed by atoms with Crippen molar-refractivity contribution in [3.63, 3.8) is 0 Å². The van der Waals surface area contributed by atoms with Crippen LogP contribution in [0.15, 0.2) is 0 Å². The summed E-state index contributed by atoms with van der Waals surface area (Å²) in [6, 6.07) is -1.01. The molecule has 7 nitrogen and oxygen atoms in total. The summed E-state index contributed by atoms with van der Waals surface area (Å²) in [7, 11) is 0. The minimum atomic E-state index is -1.04. The summed E-state index contributed by atoms with van der Waals surface area (Å²) < 4.78 is 30.1. The number of carbonyl (C=O) groups is 1. The Morgan fingerprint density at radius 3 is 2.35 bits per heavy atom. The van der Waals surface area contributed by atoms with Gasteiger partial charge in [-0.25, -0.2) is 8.78 Å². The lowest BCUT2D eigenvalue weighted by Gasteiger charge is -2.41. The van der Waals surface area contributed by atoms with Crippen LogP contribution >= 0.6 is 0 Å². The zero-order valence-electron chi connectivity index (χ0n) is 23.3. The minimum absolute atomic E-state index is 0.198. The van der Waals surface area contributed by atoms with Gasteiger partial charge in [-0.05, 0) is 69.9 Å². The molecule has 0 aliphatic carbocycles. The van der Waals surface area contributed by atoms with E-state index in [1.165, 1.54) is 0 Å². The van der Waals surface area contributed by atoms with E-state index < -0.39 is 24.4 Å². The maximum absolute atomic E-state index is 15.1. The number of carbonyl (C=O) groups excluding carboxylic acids is 1. The van der Waals surface area contributed by atoms with Crippen LogP contribution in [-0.2, 0) is 4.79 Å². The molecule has 1 amide bonds. The van der Waals surface area contributed by atoms with E-state index in [4.69, 9.17) is 11.5 Å². The van der Waals surface area contributed by atoms with E-state index in [-0.39, 0.29) is 36.0 Å². The van der Waals surface area contributed by atoms with Crippen molar-refractivity contribution >= 4 is 5.91 Å². The second kappa shape index (κ2) is 15.1. The van der Waals surface area contributed by atoms with Crippen molar-refractivity contribution in [1.82, 2.24) is 20.9 Å². The molecule has 0 aromatic carbocycles. The Morgan fingerprint density at radius 1 is 1.00 bits per heavy atom. The lowest BCUT2D eigenvalue weighted by molar-refractivity contribution is -0.128. The summed E-state index contributed by atoms with van der Waals surface area (Å²) in [5.74, 6) is -0.961. The normalized spacial score (nSPS) is 33.1. The third-order valence-corrected chi connectivity index (χ3v) is 9.15. The topological polar surface area (TPSA) is 108 Å². The van der Waals surface area contributed by atoms with Crippen LogP contribution in [0.1, 0.15) is 90.9 Å². The smallest absolute Gasteiger partial charge is 0.227 e. The molecule has 0 radical (unpaired) electrons. The highest BCUT2D eigenvalue weighted by Crippen LogP contribution is 2.41. The van der Waals surface area contributed by atoms with E-state index in [1.807, 2.05) is 0 Å². The van der Waals surface area contributed by atoms with Gasteiger partial charge in [-0.15, -0.1) is 0 Å². The molecule has 0 aromatic rings. The van der Waals surface area contributed by atoms with E-state index in [0.29, 0.717) is 25.9 Å². The maximum atomic E-state index is 15.1. The Labute approximate surface area is 223 Å². The molecule has 3 aliphatic heterocycles. The van der Waals surface area contributed by atoms with Crippen LogP contribution in [0.25, 0.3) is 0 Å². The van der Waals surface area contributed by atoms with Gasteiger partial charge in [0.2, 0.25) is 5.91 Å². The van der Waals surface area contributed by atoms with Gasteiger partial charge in [0.05, 0.1) is 24.2 Å². The predicted octanol–water partition coefficient (Wildman–Crippen LogP) is 2.97. The number of nitrogens with one attached hydrogen (secondary N) is 3. The molecular formula is C28H54F2N6O. The molecule has 3 saturated heterocycles. The van der Waals surface area contributed by atoms with E-state index in [0.717, 1.165) is 77.3 Å². The second-order valence-electron chi connectivity index (χ2n) is 12.0. The number of likely N-dealkylation sites (tertiary alicyclic amines) is 1. The predicted molar refractivity (Wildman–Crippen MR) is 147 cm³/mol.